The van der Waals surface area contributed by atoms with E-state index >= 15 is 0 Å². The summed E-state index contributed by atoms with van der Waals surface area (Å²) in [6, 6.07) is 16.8. The lowest BCUT2D eigenvalue weighted by atomic mass is 9.96. The zero-order chi connectivity index (χ0) is 18.7. The second-order valence-electron chi connectivity index (χ2n) is 6.40. The predicted octanol–water partition coefficient (Wildman–Crippen LogP) is 4.23. The first-order valence-corrected chi connectivity index (χ1v) is 8.45. The van der Waals surface area contributed by atoms with Crippen LogP contribution in [0.1, 0.15) is 23.7 Å². The number of carbonyl (C=O) groups excluding carboxylic acids is 2. The zero-order valence-corrected chi connectivity index (χ0v) is 14.9. The summed E-state index contributed by atoms with van der Waals surface area (Å²) in [4.78, 5) is 25.2. The molecular weight excluding hydrogens is 326 g/mol. The third-order valence-electron chi connectivity index (χ3n) is 4.34. The Bertz CT molecular complexity index is 953. The molecule has 0 aliphatic rings. The standard InChI is InChI=1S/C22H21NO3/c1-14(2)12-19(22(25)26-3)23-21(24)20-17-10-6-4-8-15(17)13-16-9-5-7-11-18(16)20/h4-11,13,19H,1,12H2,2-3H3,(H,23,24)/t19-/m0/s1. The summed E-state index contributed by atoms with van der Waals surface area (Å²) in [6.45, 7) is 5.65. The van der Waals surface area contributed by atoms with Gasteiger partial charge in [0.1, 0.15) is 6.04 Å². The molecule has 0 aliphatic heterocycles. The molecule has 1 atom stereocenters. The van der Waals surface area contributed by atoms with Gasteiger partial charge in [-0.3, -0.25) is 4.79 Å². The van der Waals surface area contributed by atoms with Gasteiger partial charge in [-0.05, 0) is 41.0 Å². The highest BCUT2D eigenvalue weighted by atomic mass is 16.5. The minimum atomic E-state index is -0.761. The molecule has 0 saturated carbocycles. The third-order valence-corrected chi connectivity index (χ3v) is 4.34. The van der Waals surface area contributed by atoms with Crippen molar-refractivity contribution in [2.75, 3.05) is 7.11 Å². The van der Waals surface area contributed by atoms with E-state index in [1.165, 1.54) is 7.11 Å². The van der Waals surface area contributed by atoms with Gasteiger partial charge in [-0.1, -0.05) is 54.1 Å². The Morgan fingerprint density at radius 3 is 2.08 bits per heavy atom. The summed E-state index contributed by atoms with van der Waals surface area (Å²) in [7, 11) is 1.31. The van der Waals surface area contributed by atoms with Crippen molar-refractivity contribution in [2.45, 2.75) is 19.4 Å². The smallest absolute Gasteiger partial charge is 0.328 e. The quantitative estimate of drug-likeness (QED) is 0.427. The van der Waals surface area contributed by atoms with Gasteiger partial charge in [0.05, 0.1) is 12.7 Å². The molecule has 0 radical (unpaired) electrons. The van der Waals surface area contributed by atoms with E-state index in [-0.39, 0.29) is 5.91 Å². The van der Waals surface area contributed by atoms with E-state index in [1.54, 1.807) is 0 Å². The topological polar surface area (TPSA) is 55.4 Å². The Kier molecular flexibility index (Phi) is 5.03. The fourth-order valence-corrected chi connectivity index (χ4v) is 3.17. The van der Waals surface area contributed by atoms with Crippen molar-refractivity contribution in [1.29, 1.82) is 0 Å². The number of amides is 1. The number of esters is 1. The molecule has 1 amide bonds. The third kappa shape index (κ3) is 3.45. The first kappa shape index (κ1) is 17.7. The molecule has 132 valence electrons. The normalized spacial score (nSPS) is 11.9. The van der Waals surface area contributed by atoms with Crippen molar-refractivity contribution < 1.29 is 14.3 Å². The van der Waals surface area contributed by atoms with E-state index in [1.807, 2.05) is 55.5 Å². The second-order valence-corrected chi connectivity index (χ2v) is 6.40. The maximum absolute atomic E-state index is 13.1. The van der Waals surface area contributed by atoms with Gasteiger partial charge in [-0.15, -0.1) is 6.58 Å². The van der Waals surface area contributed by atoms with Crippen LogP contribution >= 0.6 is 0 Å². The molecule has 0 unspecified atom stereocenters. The van der Waals surface area contributed by atoms with Crippen LogP contribution in [0.25, 0.3) is 21.5 Å². The molecule has 0 fully saturated rings. The molecule has 0 spiro atoms. The molecular formula is C22H21NO3. The molecule has 0 heterocycles. The molecule has 4 heteroatoms. The van der Waals surface area contributed by atoms with Gasteiger partial charge in [-0.25, -0.2) is 4.79 Å². The van der Waals surface area contributed by atoms with Crippen LogP contribution in [0.4, 0.5) is 0 Å². The lowest BCUT2D eigenvalue weighted by Crippen LogP contribution is -2.41. The molecule has 3 aromatic carbocycles. The molecule has 3 aromatic rings. The minimum Gasteiger partial charge on any atom is -0.467 e. The van der Waals surface area contributed by atoms with Crippen LogP contribution in [0.15, 0.2) is 66.7 Å². The van der Waals surface area contributed by atoms with E-state index in [2.05, 4.69) is 18.0 Å². The fraction of sp³-hybridized carbons (Fsp3) is 0.182. The number of ether oxygens (including phenoxy) is 1. The highest BCUT2D eigenvalue weighted by Crippen LogP contribution is 2.28. The zero-order valence-electron chi connectivity index (χ0n) is 14.9. The summed E-state index contributed by atoms with van der Waals surface area (Å²) in [5.41, 5.74) is 1.36. The van der Waals surface area contributed by atoms with Crippen molar-refractivity contribution in [3.63, 3.8) is 0 Å². The molecule has 0 aliphatic carbocycles. The van der Waals surface area contributed by atoms with E-state index in [4.69, 9.17) is 4.74 Å². The van der Waals surface area contributed by atoms with E-state index in [0.717, 1.165) is 27.1 Å². The Hall–Kier alpha value is -3.14. The van der Waals surface area contributed by atoms with Crippen molar-refractivity contribution in [3.8, 4) is 0 Å². The van der Waals surface area contributed by atoms with Crippen molar-refractivity contribution in [1.82, 2.24) is 5.32 Å². The Labute approximate surface area is 152 Å². The largest absolute Gasteiger partial charge is 0.467 e. The van der Waals surface area contributed by atoms with Gasteiger partial charge in [-0.2, -0.15) is 0 Å². The van der Waals surface area contributed by atoms with Crippen LogP contribution in [0.3, 0.4) is 0 Å². The van der Waals surface area contributed by atoms with Gasteiger partial charge in [0, 0.05) is 0 Å². The molecule has 1 N–H and O–H groups in total. The molecule has 0 aromatic heterocycles. The van der Waals surface area contributed by atoms with Crippen molar-refractivity contribution >= 4 is 33.4 Å². The van der Waals surface area contributed by atoms with Gasteiger partial charge in [0.2, 0.25) is 0 Å². The molecule has 26 heavy (non-hydrogen) atoms. The van der Waals surface area contributed by atoms with Crippen LogP contribution < -0.4 is 5.32 Å². The summed E-state index contributed by atoms with van der Waals surface area (Å²) >= 11 is 0. The van der Waals surface area contributed by atoms with E-state index in [9.17, 15) is 9.59 Å². The monoisotopic (exact) mass is 347 g/mol. The number of hydrogen-bond acceptors (Lipinski definition) is 3. The summed E-state index contributed by atoms with van der Waals surface area (Å²) < 4.78 is 4.83. The Morgan fingerprint density at radius 1 is 1.04 bits per heavy atom. The van der Waals surface area contributed by atoms with Gasteiger partial charge < -0.3 is 10.1 Å². The average molecular weight is 347 g/mol. The summed E-state index contributed by atoms with van der Waals surface area (Å²) in [6.07, 6.45) is 0.334. The van der Waals surface area contributed by atoms with Crippen molar-refractivity contribution in [2.24, 2.45) is 0 Å². The number of rotatable bonds is 5. The molecule has 0 saturated heterocycles. The second kappa shape index (κ2) is 7.40. The lowest BCUT2D eigenvalue weighted by molar-refractivity contribution is -0.142. The Morgan fingerprint density at radius 2 is 1.58 bits per heavy atom. The average Bonchev–Trinajstić information content (AvgIpc) is 2.64. The number of benzene rings is 3. The predicted molar refractivity (Wildman–Crippen MR) is 104 cm³/mol. The van der Waals surface area contributed by atoms with Gasteiger partial charge >= 0.3 is 5.97 Å². The van der Waals surface area contributed by atoms with Crippen LogP contribution in [0.2, 0.25) is 0 Å². The van der Waals surface area contributed by atoms with Gasteiger partial charge in [0.25, 0.3) is 5.91 Å². The van der Waals surface area contributed by atoms with Crippen molar-refractivity contribution in [3.05, 3.63) is 72.3 Å². The SMILES string of the molecule is C=C(C)C[C@H](NC(=O)c1c2ccccc2cc2ccccc12)C(=O)OC. The van der Waals surface area contributed by atoms with Gasteiger partial charge in [0.15, 0.2) is 0 Å². The van der Waals surface area contributed by atoms with Crippen LogP contribution in [0, 0.1) is 0 Å². The number of carbonyl (C=O) groups is 2. The summed E-state index contributed by atoms with van der Waals surface area (Å²) in [5.74, 6) is -0.777. The summed E-state index contributed by atoms with van der Waals surface area (Å²) in [5, 5.41) is 6.48. The van der Waals surface area contributed by atoms with Crippen LogP contribution in [0.5, 0.6) is 0 Å². The van der Waals surface area contributed by atoms with E-state index < -0.39 is 12.0 Å². The molecule has 0 bridgehead atoms. The van der Waals surface area contributed by atoms with Crippen LogP contribution in [-0.4, -0.2) is 25.0 Å². The maximum atomic E-state index is 13.1. The van der Waals surface area contributed by atoms with Crippen LogP contribution in [-0.2, 0) is 9.53 Å². The lowest BCUT2D eigenvalue weighted by Gasteiger charge is -2.18. The fourth-order valence-electron chi connectivity index (χ4n) is 3.17. The molecule has 4 nitrogen and oxygen atoms in total. The number of fused-ring (bicyclic) bond motifs is 2. The number of methoxy groups -OCH3 is 1. The maximum Gasteiger partial charge on any atom is 0.328 e. The highest BCUT2D eigenvalue weighted by molar-refractivity contribution is 6.18. The number of nitrogens with one attached hydrogen (secondary N) is 1. The van der Waals surface area contributed by atoms with E-state index in [0.29, 0.717) is 12.0 Å². The Balaban J connectivity index is 2.11. The number of hydrogen-bond donors (Lipinski definition) is 1. The highest BCUT2D eigenvalue weighted by Gasteiger charge is 2.24. The minimum absolute atomic E-state index is 0.297. The first-order valence-electron chi connectivity index (χ1n) is 8.45. The first-order chi connectivity index (χ1) is 12.5. The molecule has 3 rings (SSSR count).